The maximum Gasteiger partial charge on any atom is 0.457 e. The molecule has 5 nitrogen and oxygen atoms in total. The van der Waals surface area contributed by atoms with Crippen molar-refractivity contribution < 1.29 is 23.3 Å². The van der Waals surface area contributed by atoms with E-state index in [1.165, 1.54) is 0 Å². The molecule has 0 aromatic heterocycles. The highest BCUT2D eigenvalue weighted by atomic mass is 28.4. The molecule has 0 spiro atoms. The minimum Gasteiger partial charge on any atom is -0.460 e. The Labute approximate surface area is 174 Å². The van der Waals surface area contributed by atoms with Crippen molar-refractivity contribution in [3.63, 3.8) is 0 Å². The first-order valence-electron chi connectivity index (χ1n) is 10.5. The molecule has 164 valence electrons. The van der Waals surface area contributed by atoms with E-state index in [1.54, 1.807) is 0 Å². The fourth-order valence-corrected chi connectivity index (χ4v) is 4.16. The molecule has 0 radical (unpaired) electrons. The number of rotatable bonds is 7. The Balaban J connectivity index is 2.82. The van der Waals surface area contributed by atoms with E-state index >= 15 is 0 Å². The fourth-order valence-electron chi connectivity index (χ4n) is 2.77. The second-order valence-electron chi connectivity index (χ2n) is 11.6. The van der Waals surface area contributed by atoms with Crippen LogP contribution in [-0.4, -0.2) is 44.3 Å². The van der Waals surface area contributed by atoms with Crippen molar-refractivity contribution in [1.82, 2.24) is 0 Å². The minimum atomic E-state index is -2.02. The Morgan fingerprint density at radius 3 is 1.86 bits per heavy atom. The summed E-state index contributed by atoms with van der Waals surface area (Å²) in [5.74, 6) is -0.217. The van der Waals surface area contributed by atoms with Gasteiger partial charge in [0.2, 0.25) is 0 Å². The van der Waals surface area contributed by atoms with E-state index in [2.05, 4.69) is 61.6 Å². The van der Waals surface area contributed by atoms with E-state index in [1.807, 2.05) is 20.8 Å². The highest BCUT2D eigenvalue weighted by Crippen LogP contribution is 2.40. The lowest BCUT2D eigenvalue weighted by molar-refractivity contribution is -0.156. The highest BCUT2D eigenvalue weighted by molar-refractivity contribution is 6.74. The van der Waals surface area contributed by atoms with Crippen molar-refractivity contribution in [1.29, 1.82) is 0 Å². The maximum absolute atomic E-state index is 12.5. The summed E-state index contributed by atoms with van der Waals surface area (Å²) in [7, 11) is -2.30. The first-order valence-corrected chi connectivity index (χ1v) is 13.4. The van der Waals surface area contributed by atoms with Gasteiger partial charge in [-0.15, -0.1) is 0 Å². The molecule has 0 amide bonds. The van der Waals surface area contributed by atoms with Crippen molar-refractivity contribution in [2.45, 2.75) is 129 Å². The molecule has 28 heavy (non-hydrogen) atoms. The molecule has 0 N–H and O–H groups in total. The first kappa shape index (κ1) is 25.7. The van der Waals surface area contributed by atoms with Crippen molar-refractivity contribution in [3.05, 3.63) is 0 Å². The first-order chi connectivity index (χ1) is 12.3. The number of ether oxygens (including phenoxy) is 1. The van der Waals surface area contributed by atoms with Crippen LogP contribution in [0.4, 0.5) is 0 Å². The molecule has 1 unspecified atom stereocenters. The van der Waals surface area contributed by atoms with Gasteiger partial charge in [0.05, 0.1) is 23.7 Å². The molecule has 1 heterocycles. The van der Waals surface area contributed by atoms with Crippen LogP contribution < -0.4 is 0 Å². The Bertz CT molecular complexity index is 530. The lowest BCUT2D eigenvalue weighted by Crippen LogP contribution is -2.45. The van der Waals surface area contributed by atoms with Gasteiger partial charge >= 0.3 is 13.1 Å². The third-order valence-corrected chi connectivity index (χ3v) is 10.6. The summed E-state index contributed by atoms with van der Waals surface area (Å²) in [6.45, 7) is 24.9. The van der Waals surface area contributed by atoms with Gasteiger partial charge in [0.15, 0.2) is 8.32 Å². The summed E-state index contributed by atoms with van der Waals surface area (Å²) in [6, 6.07) is 0. The predicted molar refractivity (Wildman–Crippen MR) is 118 cm³/mol. The zero-order valence-electron chi connectivity index (χ0n) is 20.3. The average molecular weight is 414 g/mol. The standard InChI is InChI=1S/C21H43BO5Si/c1-18(2,3)24-17(23)15-16(25-28(11,12)19(4,5)6)13-14-22-26-20(7,8)21(9,10)27-22/h16H,13-15H2,1-12H3. The van der Waals surface area contributed by atoms with Crippen LogP contribution in [0.5, 0.6) is 0 Å². The van der Waals surface area contributed by atoms with Gasteiger partial charge in [-0.25, -0.2) is 0 Å². The van der Waals surface area contributed by atoms with E-state index in [9.17, 15) is 4.79 Å². The van der Waals surface area contributed by atoms with Gasteiger partial charge in [-0.3, -0.25) is 4.79 Å². The molecule has 1 fully saturated rings. The number of carbonyl (C=O) groups excluding carboxylic acids is 1. The molecule has 0 aromatic rings. The second-order valence-corrected chi connectivity index (χ2v) is 16.3. The summed E-state index contributed by atoms with van der Waals surface area (Å²) in [6.07, 6.45) is 1.44. The third kappa shape index (κ3) is 7.15. The van der Waals surface area contributed by atoms with Crippen molar-refractivity contribution >= 4 is 21.4 Å². The predicted octanol–water partition coefficient (Wildman–Crippen LogP) is 5.59. The smallest absolute Gasteiger partial charge is 0.457 e. The van der Waals surface area contributed by atoms with Crippen molar-refractivity contribution in [2.75, 3.05) is 0 Å². The fraction of sp³-hybridized carbons (Fsp3) is 0.952. The monoisotopic (exact) mass is 414 g/mol. The molecule has 0 aromatic carbocycles. The van der Waals surface area contributed by atoms with Gasteiger partial charge in [-0.05, 0) is 79.3 Å². The van der Waals surface area contributed by atoms with Gasteiger partial charge in [0.25, 0.3) is 0 Å². The van der Waals surface area contributed by atoms with Crippen LogP contribution in [0.3, 0.4) is 0 Å². The molecule has 1 rings (SSSR count). The Hall–Kier alpha value is -0.368. The molecule has 1 saturated heterocycles. The van der Waals surface area contributed by atoms with E-state index < -0.39 is 13.9 Å². The molecule has 0 bridgehead atoms. The lowest BCUT2D eigenvalue weighted by atomic mass is 9.81. The number of hydrogen-bond acceptors (Lipinski definition) is 5. The topological polar surface area (TPSA) is 54.0 Å². The van der Waals surface area contributed by atoms with Crippen LogP contribution in [0.15, 0.2) is 0 Å². The lowest BCUT2D eigenvalue weighted by Gasteiger charge is -2.39. The molecular weight excluding hydrogens is 371 g/mol. The summed E-state index contributed by atoms with van der Waals surface area (Å²) in [5.41, 5.74) is -1.19. The van der Waals surface area contributed by atoms with Gasteiger partial charge in [0, 0.05) is 0 Å². The second kappa shape index (κ2) is 8.40. The van der Waals surface area contributed by atoms with Gasteiger partial charge in [-0.1, -0.05) is 20.8 Å². The van der Waals surface area contributed by atoms with Crippen LogP contribution >= 0.6 is 0 Å². The molecule has 0 saturated carbocycles. The van der Waals surface area contributed by atoms with E-state index in [4.69, 9.17) is 18.5 Å². The molecule has 1 aliphatic heterocycles. The molecular formula is C21H43BO5Si. The summed E-state index contributed by atoms with van der Waals surface area (Å²) >= 11 is 0. The number of esters is 1. The maximum atomic E-state index is 12.5. The Morgan fingerprint density at radius 1 is 1.00 bits per heavy atom. The zero-order chi connectivity index (χ0) is 22.2. The number of carbonyl (C=O) groups is 1. The third-order valence-electron chi connectivity index (χ3n) is 6.11. The number of hydrogen-bond donors (Lipinski definition) is 0. The summed E-state index contributed by atoms with van der Waals surface area (Å²) < 4.78 is 24.3. The van der Waals surface area contributed by atoms with Crippen molar-refractivity contribution in [3.8, 4) is 0 Å². The Kier molecular flexibility index (Phi) is 7.70. The summed E-state index contributed by atoms with van der Waals surface area (Å²) in [5, 5.41) is 0.0729. The van der Waals surface area contributed by atoms with E-state index in [-0.39, 0.29) is 41.9 Å². The molecule has 1 aliphatic rings. The van der Waals surface area contributed by atoms with E-state index in [0.717, 1.165) is 0 Å². The SMILES string of the molecule is CC(C)(C)OC(=O)CC(CCB1OC(C)(C)C(C)(C)O1)O[Si](C)(C)C(C)(C)C. The largest absolute Gasteiger partial charge is 0.460 e. The summed E-state index contributed by atoms with van der Waals surface area (Å²) in [4.78, 5) is 12.5. The van der Waals surface area contributed by atoms with Crippen LogP contribution in [0.25, 0.3) is 0 Å². The van der Waals surface area contributed by atoms with Gasteiger partial charge in [-0.2, -0.15) is 0 Å². The quantitative estimate of drug-likeness (QED) is 0.401. The molecule has 0 aliphatic carbocycles. The normalized spacial score (nSPS) is 20.9. The molecule has 1 atom stereocenters. The van der Waals surface area contributed by atoms with Gasteiger partial charge in [0.1, 0.15) is 5.60 Å². The van der Waals surface area contributed by atoms with Crippen LogP contribution in [-0.2, 0) is 23.3 Å². The highest BCUT2D eigenvalue weighted by Gasteiger charge is 2.51. The zero-order valence-corrected chi connectivity index (χ0v) is 21.3. The van der Waals surface area contributed by atoms with Crippen LogP contribution in [0.1, 0.15) is 82.1 Å². The average Bonchev–Trinajstić information content (AvgIpc) is 2.60. The molecule has 7 heteroatoms. The minimum absolute atomic E-state index is 0.0729. The van der Waals surface area contributed by atoms with Crippen LogP contribution in [0, 0.1) is 0 Å². The van der Waals surface area contributed by atoms with Crippen molar-refractivity contribution in [2.24, 2.45) is 0 Å². The Morgan fingerprint density at radius 2 is 1.46 bits per heavy atom. The van der Waals surface area contributed by atoms with Gasteiger partial charge < -0.3 is 18.5 Å². The van der Waals surface area contributed by atoms with E-state index in [0.29, 0.717) is 12.7 Å². The van der Waals surface area contributed by atoms with Crippen LogP contribution in [0.2, 0.25) is 24.5 Å².